The van der Waals surface area contributed by atoms with E-state index < -0.39 is 11.9 Å². The third kappa shape index (κ3) is 3.30. The van der Waals surface area contributed by atoms with Crippen LogP contribution in [0.25, 0.3) is 0 Å². The number of hydrogen-bond acceptors (Lipinski definition) is 3. The highest BCUT2D eigenvalue weighted by atomic mass is 16.2. The van der Waals surface area contributed by atoms with Crippen molar-refractivity contribution in [1.82, 2.24) is 9.80 Å². The molecule has 1 aliphatic heterocycles. The smallest absolute Gasteiger partial charge is 0.246 e. The normalized spacial score (nSPS) is 22.3. The lowest BCUT2D eigenvalue weighted by molar-refractivity contribution is -0.135. The van der Waals surface area contributed by atoms with Gasteiger partial charge in [-0.25, -0.2) is 0 Å². The molecular weight excluding hydrogens is 218 g/mol. The van der Waals surface area contributed by atoms with Crippen LogP contribution in [0.3, 0.4) is 0 Å². The van der Waals surface area contributed by atoms with Crippen molar-refractivity contribution in [3.63, 3.8) is 0 Å². The molecule has 17 heavy (non-hydrogen) atoms. The van der Waals surface area contributed by atoms with Gasteiger partial charge in [-0.05, 0) is 26.3 Å². The molecular formula is C12H21N3O2. The maximum atomic E-state index is 11.7. The first-order valence-electron chi connectivity index (χ1n) is 5.93. The Hall–Kier alpha value is -1.36. The zero-order chi connectivity index (χ0) is 13.0. The van der Waals surface area contributed by atoms with Crippen LogP contribution in [0.15, 0.2) is 12.7 Å². The molecule has 1 atom stereocenters. The topological polar surface area (TPSA) is 66.6 Å². The maximum Gasteiger partial charge on any atom is 0.246 e. The number of hydrogen-bond donors (Lipinski definition) is 1. The standard InChI is InChI=1S/C12H21N3O2/c1-4-11(16)15-8-7-14(9(2)3)6-5-10(15)12(13)17/h4,9-10H,1,5-8H2,2-3H3,(H2,13,17). The van der Waals surface area contributed by atoms with Crippen LogP contribution in [0, 0.1) is 0 Å². The highest BCUT2D eigenvalue weighted by Crippen LogP contribution is 2.13. The SMILES string of the molecule is C=CC(=O)N1CCN(C(C)C)CCC1C(N)=O. The van der Waals surface area contributed by atoms with Crippen LogP contribution in [0.4, 0.5) is 0 Å². The van der Waals surface area contributed by atoms with Gasteiger partial charge in [-0.3, -0.25) is 14.5 Å². The van der Waals surface area contributed by atoms with Gasteiger partial charge in [0.25, 0.3) is 0 Å². The number of nitrogens with zero attached hydrogens (tertiary/aromatic N) is 2. The molecule has 0 aliphatic carbocycles. The lowest BCUT2D eigenvalue weighted by Gasteiger charge is -2.26. The summed E-state index contributed by atoms with van der Waals surface area (Å²) in [5, 5.41) is 0. The molecule has 0 spiro atoms. The number of carbonyl (C=O) groups is 2. The molecule has 0 aromatic heterocycles. The molecule has 1 heterocycles. The fraction of sp³-hybridized carbons (Fsp3) is 0.667. The van der Waals surface area contributed by atoms with E-state index in [4.69, 9.17) is 5.73 Å². The van der Waals surface area contributed by atoms with Crippen molar-refractivity contribution in [2.45, 2.75) is 32.4 Å². The molecule has 1 aliphatic rings. The summed E-state index contributed by atoms with van der Waals surface area (Å²) in [6.45, 7) is 9.73. The molecule has 0 bridgehead atoms. The highest BCUT2D eigenvalue weighted by molar-refractivity contribution is 5.92. The van der Waals surface area contributed by atoms with Crippen molar-refractivity contribution in [2.75, 3.05) is 19.6 Å². The summed E-state index contributed by atoms with van der Waals surface area (Å²) in [5.41, 5.74) is 5.36. The van der Waals surface area contributed by atoms with Crippen molar-refractivity contribution in [1.29, 1.82) is 0 Å². The lowest BCUT2D eigenvalue weighted by atomic mass is 10.1. The minimum Gasteiger partial charge on any atom is -0.368 e. The molecule has 0 aromatic rings. The molecule has 0 radical (unpaired) electrons. The predicted octanol–water partition coefficient (Wildman–Crippen LogP) is -0.0310. The summed E-state index contributed by atoms with van der Waals surface area (Å²) < 4.78 is 0. The summed E-state index contributed by atoms with van der Waals surface area (Å²) >= 11 is 0. The van der Waals surface area contributed by atoms with Crippen LogP contribution in [-0.2, 0) is 9.59 Å². The van der Waals surface area contributed by atoms with E-state index in [0.717, 1.165) is 13.1 Å². The van der Waals surface area contributed by atoms with E-state index in [9.17, 15) is 9.59 Å². The number of carbonyl (C=O) groups excluding carboxylic acids is 2. The van der Waals surface area contributed by atoms with Crippen LogP contribution in [0.1, 0.15) is 20.3 Å². The van der Waals surface area contributed by atoms with Gasteiger partial charge >= 0.3 is 0 Å². The molecule has 96 valence electrons. The van der Waals surface area contributed by atoms with Crippen molar-refractivity contribution in [2.24, 2.45) is 5.73 Å². The van der Waals surface area contributed by atoms with Gasteiger partial charge in [-0.1, -0.05) is 6.58 Å². The van der Waals surface area contributed by atoms with Gasteiger partial charge in [0.15, 0.2) is 0 Å². The monoisotopic (exact) mass is 239 g/mol. The van der Waals surface area contributed by atoms with E-state index in [1.807, 2.05) is 0 Å². The van der Waals surface area contributed by atoms with Crippen LogP contribution >= 0.6 is 0 Å². The average molecular weight is 239 g/mol. The second kappa shape index (κ2) is 5.82. The average Bonchev–Trinajstić information content (AvgIpc) is 2.50. The largest absolute Gasteiger partial charge is 0.368 e. The van der Waals surface area contributed by atoms with Crippen LogP contribution < -0.4 is 5.73 Å². The van der Waals surface area contributed by atoms with E-state index in [-0.39, 0.29) is 5.91 Å². The van der Waals surface area contributed by atoms with Gasteiger partial charge in [0, 0.05) is 25.7 Å². The Morgan fingerprint density at radius 3 is 2.47 bits per heavy atom. The Bertz CT molecular complexity index is 315. The van der Waals surface area contributed by atoms with Crippen LogP contribution in [0.2, 0.25) is 0 Å². The molecule has 1 unspecified atom stereocenters. The first kappa shape index (κ1) is 13.7. The number of primary amides is 1. The highest BCUT2D eigenvalue weighted by Gasteiger charge is 2.30. The minimum atomic E-state index is -0.510. The Labute approximate surface area is 102 Å². The lowest BCUT2D eigenvalue weighted by Crippen LogP contribution is -2.47. The van der Waals surface area contributed by atoms with Gasteiger partial charge < -0.3 is 10.6 Å². The Morgan fingerprint density at radius 2 is 2.00 bits per heavy atom. The van der Waals surface area contributed by atoms with Gasteiger partial charge in [0.1, 0.15) is 6.04 Å². The predicted molar refractivity (Wildman–Crippen MR) is 66.2 cm³/mol. The van der Waals surface area contributed by atoms with E-state index in [1.54, 1.807) is 0 Å². The first-order valence-corrected chi connectivity index (χ1v) is 5.93. The summed E-state index contributed by atoms with van der Waals surface area (Å²) in [6.07, 6.45) is 1.83. The fourth-order valence-corrected chi connectivity index (χ4v) is 2.14. The molecule has 5 heteroatoms. The van der Waals surface area contributed by atoms with E-state index >= 15 is 0 Å². The molecule has 0 saturated carbocycles. The Morgan fingerprint density at radius 1 is 1.35 bits per heavy atom. The summed E-state index contributed by atoms with van der Waals surface area (Å²) in [5.74, 6) is -0.662. The van der Waals surface area contributed by atoms with Gasteiger partial charge in [0.05, 0.1) is 0 Å². The molecule has 2 N–H and O–H groups in total. The van der Waals surface area contributed by atoms with Crippen molar-refractivity contribution < 1.29 is 9.59 Å². The van der Waals surface area contributed by atoms with Crippen molar-refractivity contribution in [3.8, 4) is 0 Å². The Balaban J connectivity index is 2.82. The van der Waals surface area contributed by atoms with Crippen molar-refractivity contribution in [3.05, 3.63) is 12.7 Å². The van der Waals surface area contributed by atoms with E-state index in [1.165, 1.54) is 11.0 Å². The van der Waals surface area contributed by atoms with Gasteiger partial charge in [-0.2, -0.15) is 0 Å². The second-order valence-corrected chi connectivity index (χ2v) is 4.57. The molecule has 0 aromatic carbocycles. The zero-order valence-corrected chi connectivity index (χ0v) is 10.6. The molecule has 1 rings (SSSR count). The van der Waals surface area contributed by atoms with E-state index in [2.05, 4.69) is 25.3 Å². The minimum absolute atomic E-state index is 0.223. The third-order valence-electron chi connectivity index (χ3n) is 3.21. The summed E-state index contributed by atoms with van der Waals surface area (Å²) in [6, 6.07) is -0.105. The first-order chi connectivity index (χ1) is 7.97. The Kier molecular flexibility index (Phi) is 4.69. The van der Waals surface area contributed by atoms with Crippen molar-refractivity contribution >= 4 is 11.8 Å². The zero-order valence-electron chi connectivity index (χ0n) is 10.6. The number of nitrogens with two attached hydrogens (primary N) is 1. The van der Waals surface area contributed by atoms with E-state index in [0.29, 0.717) is 19.0 Å². The van der Waals surface area contributed by atoms with Gasteiger partial charge in [0.2, 0.25) is 11.8 Å². The molecule has 1 saturated heterocycles. The number of amides is 2. The second-order valence-electron chi connectivity index (χ2n) is 4.57. The van der Waals surface area contributed by atoms with Gasteiger partial charge in [-0.15, -0.1) is 0 Å². The van der Waals surface area contributed by atoms with Crippen LogP contribution in [0.5, 0.6) is 0 Å². The quantitative estimate of drug-likeness (QED) is 0.703. The molecule has 5 nitrogen and oxygen atoms in total. The summed E-state index contributed by atoms with van der Waals surface area (Å²) in [7, 11) is 0. The molecule has 2 amide bonds. The third-order valence-corrected chi connectivity index (χ3v) is 3.21. The maximum absolute atomic E-state index is 11.7. The van der Waals surface area contributed by atoms with Crippen LogP contribution in [-0.4, -0.2) is 53.3 Å². The fourth-order valence-electron chi connectivity index (χ4n) is 2.14. The summed E-state index contributed by atoms with van der Waals surface area (Å²) in [4.78, 5) is 26.9. The number of rotatable bonds is 3. The molecule has 1 fully saturated rings.